The minimum absolute atomic E-state index is 0.207. The van der Waals surface area contributed by atoms with Gasteiger partial charge in [-0.25, -0.2) is 4.39 Å². The number of hydrogen-bond acceptors (Lipinski definition) is 2. The number of carbonyl (C=O) groups is 1. The van der Waals surface area contributed by atoms with Crippen molar-refractivity contribution in [1.82, 2.24) is 0 Å². The monoisotopic (exact) mass is 258 g/mol. The summed E-state index contributed by atoms with van der Waals surface area (Å²) in [7, 11) is 1.56. The third-order valence-corrected chi connectivity index (χ3v) is 2.97. The van der Waals surface area contributed by atoms with Crippen LogP contribution in [0.4, 0.5) is 4.39 Å². The van der Waals surface area contributed by atoms with Gasteiger partial charge in [0.15, 0.2) is 5.78 Å². The first-order valence-corrected chi connectivity index (χ1v) is 5.98. The van der Waals surface area contributed by atoms with Crippen LogP contribution < -0.4 is 4.74 Å². The zero-order valence-electron chi connectivity index (χ0n) is 11.2. The van der Waals surface area contributed by atoms with Crippen LogP contribution in [0.3, 0.4) is 0 Å². The average molecular weight is 258 g/mol. The molecule has 0 fully saturated rings. The van der Waals surface area contributed by atoms with Gasteiger partial charge in [-0.3, -0.25) is 4.79 Å². The summed E-state index contributed by atoms with van der Waals surface area (Å²) in [4.78, 5) is 12.3. The van der Waals surface area contributed by atoms with E-state index in [1.807, 2.05) is 13.0 Å². The summed E-state index contributed by atoms with van der Waals surface area (Å²) in [6, 6.07) is 9.54. The molecule has 0 saturated carbocycles. The molecule has 0 bridgehead atoms. The molecule has 0 amide bonds. The molecule has 98 valence electrons. The van der Waals surface area contributed by atoms with E-state index in [4.69, 9.17) is 4.74 Å². The van der Waals surface area contributed by atoms with Gasteiger partial charge < -0.3 is 4.74 Å². The Bertz CT molecular complexity index is 612. The minimum Gasteiger partial charge on any atom is -0.496 e. The Morgan fingerprint density at radius 1 is 1.05 bits per heavy atom. The SMILES string of the molecule is COc1cc(C(=O)c2cc(C)cc(F)c2)ccc1C. The van der Waals surface area contributed by atoms with Gasteiger partial charge in [-0.15, -0.1) is 0 Å². The molecule has 0 N–H and O–H groups in total. The summed E-state index contributed by atoms with van der Waals surface area (Å²) >= 11 is 0. The van der Waals surface area contributed by atoms with Crippen LogP contribution in [0, 0.1) is 19.7 Å². The lowest BCUT2D eigenvalue weighted by molar-refractivity contribution is 0.103. The van der Waals surface area contributed by atoms with Crippen molar-refractivity contribution in [3.63, 3.8) is 0 Å². The van der Waals surface area contributed by atoms with Crippen molar-refractivity contribution in [2.75, 3.05) is 7.11 Å². The van der Waals surface area contributed by atoms with E-state index in [2.05, 4.69) is 0 Å². The summed E-state index contributed by atoms with van der Waals surface area (Å²) in [5.41, 5.74) is 2.52. The number of ether oxygens (including phenoxy) is 1. The number of benzene rings is 2. The molecular formula is C16H15FO2. The number of ketones is 1. The van der Waals surface area contributed by atoms with Gasteiger partial charge in [0.1, 0.15) is 11.6 Å². The Kier molecular flexibility index (Phi) is 3.65. The first-order valence-electron chi connectivity index (χ1n) is 5.98. The Labute approximate surface area is 111 Å². The second kappa shape index (κ2) is 5.22. The maximum absolute atomic E-state index is 13.3. The maximum atomic E-state index is 13.3. The first-order chi connectivity index (χ1) is 9.01. The highest BCUT2D eigenvalue weighted by atomic mass is 19.1. The number of carbonyl (C=O) groups excluding carboxylic acids is 1. The molecule has 0 aromatic heterocycles. The van der Waals surface area contributed by atoms with Crippen LogP contribution in [0.25, 0.3) is 0 Å². The largest absolute Gasteiger partial charge is 0.496 e. The fourth-order valence-corrected chi connectivity index (χ4v) is 2.00. The topological polar surface area (TPSA) is 26.3 Å². The third-order valence-electron chi connectivity index (χ3n) is 2.97. The number of halogens is 1. The molecule has 0 atom stereocenters. The number of methoxy groups -OCH3 is 1. The smallest absolute Gasteiger partial charge is 0.193 e. The van der Waals surface area contributed by atoms with Crippen LogP contribution in [-0.4, -0.2) is 12.9 Å². The molecule has 2 rings (SSSR count). The molecule has 2 nitrogen and oxygen atoms in total. The Morgan fingerprint density at radius 2 is 1.79 bits per heavy atom. The third kappa shape index (κ3) is 2.81. The quantitative estimate of drug-likeness (QED) is 0.785. The lowest BCUT2D eigenvalue weighted by Crippen LogP contribution is -2.03. The van der Waals surface area contributed by atoms with Crippen molar-refractivity contribution in [2.24, 2.45) is 0 Å². The molecule has 3 heteroatoms. The fraction of sp³-hybridized carbons (Fsp3) is 0.188. The number of aryl methyl sites for hydroxylation is 2. The van der Waals surface area contributed by atoms with Crippen LogP contribution in [0.15, 0.2) is 36.4 Å². The highest BCUT2D eigenvalue weighted by Gasteiger charge is 2.12. The minimum atomic E-state index is -0.401. The summed E-state index contributed by atoms with van der Waals surface area (Å²) < 4.78 is 18.5. The van der Waals surface area contributed by atoms with Gasteiger partial charge in [-0.2, -0.15) is 0 Å². The summed E-state index contributed by atoms with van der Waals surface area (Å²) in [5, 5.41) is 0. The lowest BCUT2D eigenvalue weighted by atomic mass is 10.00. The molecule has 2 aromatic carbocycles. The van der Waals surface area contributed by atoms with Gasteiger partial charge in [0, 0.05) is 11.1 Å². The van der Waals surface area contributed by atoms with Gasteiger partial charge in [-0.1, -0.05) is 12.1 Å². The molecule has 2 aromatic rings. The zero-order valence-corrected chi connectivity index (χ0v) is 11.2. The molecule has 0 radical (unpaired) electrons. The van der Waals surface area contributed by atoms with Crippen molar-refractivity contribution in [1.29, 1.82) is 0 Å². The van der Waals surface area contributed by atoms with E-state index in [0.29, 0.717) is 16.9 Å². The maximum Gasteiger partial charge on any atom is 0.193 e. The van der Waals surface area contributed by atoms with E-state index < -0.39 is 5.82 Å². The van der Waals surface area contributed by atoms with Crippen molar-refractivity contribution in [3.05, 3.63) is 64.5 Å². The Balaban J connectivity index is 2.43. The fourth-order valence-electron chi connectivity index (χ4n) is 2.00. The van der Waals surface area contributed by atoms with E-state index in [0.717, 1.165) is 11.1 Å². The summed E-state index contributed by atoms with van der Waals surface area (Å²) in [6.45, 7) is 3.66. The highest BCUT2D eigenvalue weighted by Crippen LogP contribution is 2.21. The van der Waals surface area contributed by atoms with Gasteiger partial charge in [0.25, 0.3) is 0 Å². The molecule has 19 heavy (non-hydrogen) atoms. The Morgan fingerprint density at radius 3 is 2.42 bits per heavy atom. The molecule has 0 heterocycles. The van der Waals surface area contributed by atoms with Crippen molar-refractivity contribution in [3.8, 4) is 5.75 Å². The van der Waals surface area contributed by atoms with Crippen molar-refractivity contribution >= 4 is 5.78 Å². The second-order valence-electron chi connectivity index (χ2n) is 4.53. The number of rotatable bonds is 3. The van der Waals surface area contributed by atoms with Crippen LogP contribution in [0.1, 0.15) is 27.0 Å². The zero-order chi connectivity index (χ0) is 14.0. The van der Waals surface area contributed by atoms with Gasteiger partial charge in [0.2, 0.25) is 0 Å². The van der Waals surface area contributed by atoms with Crippen LogP contribution >= 0.6 is 0 Å². The van der Waals surface area contributed by atoms with E-state index >= 15 is 0 Å². The molecule has 0 aliphatic carbocycles. The van der Waals surface area contributed by atoms with Gasteiger partial charge >= 0.3 is 0 Å². The van der Waals surface area contributed by atoms with Crippen LogP contribution in [-0.2, 0) is 0 Å². The van der Waals surface area contributed by atoms with E-state index in [-0.39, 0.29) is 5.78 Å². The molecule has 0 spiro atoms. The molecule has 0 aliphatic rings. The van der Waals surface area contributed by atoms with E-state index in [9.17, 15) is 9.18 Å². The number of hydrogen-bond donors (Lipinski definition) is 0. The van der Waals surface area contributed by atoms with Gasteiger partial charge in [0.05, 0.1) is 7.11 Å². The van der Waals surface area contributed by atoms with Crippen molar-refractivity contribution < 1.29 is 13.9 Å². The summed E-state index contributed by atoms with van der Waals surface area (Å²) in [6.07, 6.45) is 0. The van der Waals surface area contributed by atoms with Gasteiger partial charge in [-0.05, 0) is 49.2 Å². The van der Waals surface area contributed by atoms with E-state index in [1.165, 1.54) is 12.1 Å². The molecule has 0 unspecified atom stereocenters. The molecule has 0 saturated heterocycles. The predicted octanol–water partition coefficient (Wildman–Crippen LogP) is 3.68. The predicted molar refractivity (Wildman–Crippen MR) is 72.3 cm³/mol. The standard InChI is InChI=1S/C16H15FO2/c1-10-6-13(8-14(17)7-10)16(18)12-5-4-11(2)15(9-12)19-3/h4-9H,1-3H3. The normalized spacial score (nSPS) is 10.3. The summed E-state index contributed by atoms with van der Waals surface area (Å²) in [5.74, 6) is 0.0438. The first kappa shape index (κ1) is 13.3. The van der Waals surface area contributed by atoms with Crippen LogP contribution in [0.2, 0.25) is 0 Å². The highest BCUT2D eigenvalue weighted by molar-refractivity contribution is 6.09. The lowest BCUT2D eigenvalue weighted by Gasteiger charge is -2.08. The van der Waals surface area contributed by atoms with Crippen LogP contribution in [0.5, 0.6) is 5.75 Å². The molecular weight excluding hydrogens is 243 g/mol. The molecule has 0 aliphatic heterocycles. The average Bonchev–Trinajstić information content (AvgIpc) is 2.37. The second-order valence-corrected chi connectivity index (χ2v) is 4.53. The Hall–Kier alpha value is -2.16. The van der Waals surface area contributed by atoms with E-state index in [1.54, 1.807) is 32.2 Å². The van der Waals surface area contributed by atoms with Crippen molar-refractivity contribution in [2.45, 2.75) is 13.8 Å².